The summed E-state index contributed by atoms with van der Waals surface area (Å²) in [6.07, 6.45) is 1.96. The molecule has 3 N–H and O–H groups in total. The van der Waals surface area contributed by atoms with Crippen molar-refractivity contribution in [1.82, 2.24) is 16.2 Å². The lowest BCUT2D eigenvalue weighted by atomic mass is 10.1. The number of hydrazine groups is 1. The van der Waals surface area contributed by atoms with Crippen molar-refractivity contribution in [3.05, 3.63) is 28.7 Å². The summed E-state index contributed by atoms with van der Waals surface area (Å²) in [6.45, 7) is 4.67. The molecule has 6 nitrogen and oxygen atoms in total. The van der Waals surface area contributed by atoms with Crippen molar-refractivity contribution >= 4 is 27.9 Å². The van der Waals surface area contributed by atoms with Crippen molar-refractivity contribution in [3.63, 3.8) is 0 Å². The minimum atomic E-state index is -0.430. The summed E-state index contributed by atoms with van der Waals surface area (Å²) in [4.78, 5) is 22.9. The van der Waals surface area contributed by atoms with Crippen LogP contribution in [-0.4, -0.2) is 25.1 Å². The van der Waals surface area contributed by atoms with E-state index in [0.29, 0.717) is 18.2 Å². The number of nitrogens with one attached hydrogen (secondary N) is 3. The van der Waals surface area contributed by atoms with E-state index in [0.717, 1.165) is 17.3 Å². The summed E-state index contributed by atoms with van der Waals surface area (Å²) in [7, 11) is 0. The van der Waals surface area contributed by atoms with Gasteiger partial charge in [0.2, 0.25) is 0 Å². The summed E-state index contributed by atoms with van der Waals surface area (Å²) in [5.41, 5.74) is 4.56. The number of carbonyl (C=O) groups is 2. The number of urea groups is 1. The Morgan fingerprint density at radius 1 is 1.18 bits per heavy atom. The molecule has 0 saturated heterocycles. The Kier molecular flexibility index (Phi) is 8.35. The molecule has 0 spiro atoms. The Bertz CT molecular complexity index is 477. The van der Waals surface area contributed by atoms with E-state index in [1.807, 2.05) is 12.1 Å². The van der Waals surface area contributed by atoms with Crippen LogP contribution in [0.2, 0.25) is 0 Å². The van der Waals surface area contributed by atoms with Crippen LogP contribution in [0.4, 0.5) is 4.79 Å². The molecule has 0 aliphatic heterocycles. The third-order valence-electron chi connectivity index (χ3n) is 2.74. The topological polar surface area (TPSA) is 79.5 Å². The molecule has 1 aromatic carbocycles. The second-order valence-corrected chi connectivity index (χ2v) is 6.12. The maximum absolute atomic E-state index is 11.5. The fourth-order valence-corrected chi connectivity index (χ4v) is 1.86. The molecule has 7 heteroatoms. The number of hydrogen-bond donors (Lipinski definition) is 3. The molecule has 1 rings (SSSR count). The maximum atomic E-state index is 11.5. The molecule has 0 atom stereocenters. The Balaban J connectivity index is 2.12. The molecule has 0 heterocycles. The molecule has 0 unspecified atom stereocenters. The standard InChI is InChI=1S/C15H22BrN3O3/c1-11(2)4-3-9-17-15(21)19-18-14(20)10-22-13-7-5-12(16)6-8-13/h5-8,11H,3-4,9-10H2,1-2H3,(H,18,20)(H2,17,19,21). The molecule has 0 aromatic heterocycles. The van der Waals surface area contributed by atoms with Gasteiger partial charge in [-0.25, -0.2) is 10.2 Å². The molecule has 0 radical (unpaired) electrons. The van der Waals surface area contributed by atoms with Gasteiger partial charge in [0.25, 0.3) is 5.91 Å². The normalized spacial score (nSPS) is 10.2. The van der Waals surface area contributed by atoms with Crippen LogP contribution in [0.25, 0.3) is 0 Å². The van der Waals surface area contributed by atoms with Crippen LogP contribution in [0.1, 0.15) is 26.7 Å². The van der Waals surface area contributed by atoms with Gasteiger partial charge in [0.15, 0.2) is 6.61 Å². The van der Waals surface area contributed by atoms with E-state index >= 15 is 0 Å². The first-order valence-electron chi connectivity index (χ1n) is 7.18. The number of carbonyl (C=O) groups excluding carboxylic acids is 2. The average Bonchev–Trinajstić information content (AvgIpc) is 2.48. The van der Waals surface area contributed by atoms with Gasteiger partial charge in [-0.05, 0) is 43.0 Å². The molecule has 3 amide bonds. The molecule has 0 bridgehead atoms. The summed E-state index contributed by atoms with van der Waals surface area (Å²) in [5.74, 6) is 0.761. The molecule has 0 aliphatic carbocycles. The number of hydrogen-bond acceptors (Lipinski definition) is 3. The third-order valence-corrected chi connectivity index (χ3v) is 3.27. The van der Waals surface area contributed by atoms with Gasteiger partial charge in [-0.1, -0.05) is 29.8 Å². The molecular formula is C15H22BrN3O3. The molecule has 22 heavy (non-hydrogen) atoms. The monoisotopic (exact) mass is 371 g/mol. The van der Waals surface area contributed by atoms with Gasteiger partial charge in [-0.3, -0.25) is 10.2 Å². The highest BCUT2D eigenvalue weighted by Crippen LogP contribution is 2.15. The van der Waals surface area contributed by atoms with Crippen molar-refractivity contribution in [1.29, 1.82) is 0 Å². The molecular weight excluding hydrogens is 350 g/mol. The number of benzene rings is 1. The highest BCUT2D eigenvalue weighted by atomic mass is 79.9. The summed E-state index contributed by atoms with van der Waals surface area (Å²) in [5, 5.41) is 2.66. The first-order chi connectivity index (χ1) is 10.5. The summed E-state index contributed by atoms with van der Waals surface area (Å²) >= 11 is 3.31. The van der Waals surface area contributed by atoms with E-state index in [2.05, 4.69) is 45.9 Å². The Morgan fingerprint density at radius 2 is 1.86 bits per heavy atom. The predicted molar refractivity (Wildman–Crippen MR) is 88.4 cm³/mol. The third kappa shape index (κ3) is 8.51. The van der Waals surface area contributed by atoms with Crippen LogP contribution in [0, 0.1) is 5.92 Å². The zero-order valence-electron chi connectivity index (χ0n) is 12.8. The van der Waals surface area contributed by atoms with E-state index in [4.69, 9.17) is 4.74 Å². The van der Waals surface area contributed by atoms with Crippen molar-refractivity contribution in [2.24, 2.45) is 5.92 Å². The lowest BCUT2D eigenvalue weighted by Gasteiger charge is -2.10. The maximum Gasteiger partial charge on any atom is 0.333 e. The zero-order chi connectivity index (χ0) is 16.4. The quantitative estimate of drug-likeness (QED) is 0.509. The number of rotatable bonds is 7. The van der Waals surface area contributed by atoms with Crippen LogP contribution in [0.3, 0.4) is 0 Å². The predicted octanol–water partition coefficient (Wildman–Crippen LogP) is 2.59. The number of halogens is 1. The Morgan fingerprint density at radius 3 is 2.50 bits per heavy atom. The molecule has 0 aliphatic rings. The highest BCUT2D eigenvalue weighted by Gasteiger charge is 2.05. The first kappa shape index (κ1) is 18.3. The van der Waals surface area contributed by atoms with E-state index in [-0.39, 0.29) is 6.61 Å². The Labute approximate surface area is 139 Å². The molecule has 122 valence electrons. The highest BCUT2D eigenvalue weighted by molar-refractivity contribution is 9.10. The van der Waals surface area contributed by atoms with Gasteiger partial charge < -0.3 is 10.1 Å². The number of ether oxygens (including phenoxy) is 1. The lowest BCUT2D eigenvalue weighted by molar-refractivity contribution is -0.123. The van der Waals surface area contributed by atoms with Crippen LogP contribution >= 0.6 is 15.9 Å². The summed E-state index contributed by atoms with van der Waals surface area (Å²) < 4.78 is 6.21. The van der Waals surface area contributed by atoms with Crippen molar-refractivity contribution in [3.8, 4) is 5.75 Å². The van der Waals surface area contributed by atoms with Crippen LogP contribution < -0.4 is 20.9 Å². The van der Waals surface area contributed by atoms with Gasteiger partial charge in [0.05, 0.1) is 0 Å². The van der Waals surface area contributed by atoms with Crippen molar-refractivity contribution in [2.75, 3.05) is 13.2 Å². The summed E-state index contributed by atoms with van der Waals surface area (Å²) in [6, 6.07) is 6.69. The minimum absolute atomic E-state index is 0.171. The average molecular weight is 372 g/mol. The first-order valence-corrected chi connectivity index (χ1v) is 7.97. The zero-order valence-corrected chi connectivity index (χ0v) is 14.4. The minimum Gasteiger partial charge on any atom is -0.484 e. The van der Waals surface area contributed by atoms with Gasteiger partial charge in [0.1, 0.15) is 5.75 Å². The van der Waals surface area contributed by atoms with Crippen molar-refractivity contribution in [2.45, 2.75) is 26.7 Å². The van der Waals surface area contributed by atoms with E-state index in [1.54, 1.807) is 12.1 Å². The van der Waals surface area contributed by atoms with Gasteiger partial charge in [0, 0.05) is 11.0 Å². The largest absolute Gasteiger partial charge is 0.484 e. The smallest absolute Gasteiger partial charge is 0.333 e. The second-order valence-electron chi connectivity index (χ2n) is 5.21. The second kappa shape index (κ2) is 10.0. The van der Waals surface area contributed by atoms with E-state index in [1.165, 1.54) is 0 Å². The number of amides is 3. The van der Waals surface area contributed by atoms with Crippen LogP contribution in [0.15, 0.2) is 28.7 Å². The lowest BCUT2D eigenvalue weighted by Crippen LogP contribution is -2.48. The van der Waals surface area contributed by atoms with Gasteiger partial charge in [-0.15, -0.1) is 0 Å². The fourth-order valence-electron chi connectivity index (χ4n) is 1.60. The molecule has 1 aromatic rings. The van der Waals surface area contributed by atoms with Crippen LogP contribution in [0.5, 0.6) is 5.75 Å². The molecule has 0 fully saturated rings. The Hall–Kier alpha value is -1.76. The molecule has 0 saturated carbocycles. The SMILES string of the molecule is CC(C)CCCNC(=O)NNC(=O)COc1ccc(Br)cc1. The van der Waals surface area contributed by atoms with E-state index in [9.17, 15) is 9.59 Å². The van der Waals surface area contributed by atoms with Crippen LogP contribution in [-0.2, 0) is 4.79 Å². The van der Waals surface area contributed by atoms with Gasteiger partial charge in [-0.2, -0.15) is 0 Å². The fraction of sp³-hybridized carbons (Fsp3) is 0.467. The van der Waals surface area contributed by atoms with E-state index < -0.39 is 11.9 Å². The van der Waals surface area contributed by atoms with Crippen molar-refractivity contribution < 1.29 is 14.3 Å². The van der Waals surface area contributed by atoms with Gasteiger partial charge >= 0.3 is 6.03 Å².